The number of rotatable bonds is 31. The first-order valence-electron chi connectivity index (χ1n) is 25.5. The average Bonchev–Trinajstić information content (AvgIpc) is 3.38. The summed E-state index contributed by atoms with van der Waals surface area (Å²) in [7, 11) is 0. The lowest BCUT2D eigenvalue weighted by molar-refractivity contribution is -0.131. The zero-order valence-corrected chi connectivity index (χ0v) is 42.3. The van der Waals surface area contributed by atoms with Crippen LogP contribution >= 0.6 is 0 Å². The Morgan fingerprint density at radius 2 is 0.750 bits per heavy atom. The molecule has 72 heavy (non-hydrogen) atoms. The summed E-state index contributed by atoms with van der Waals surface area (Å²) in [6.45, 7) is 8.57. The van der Waals surface area contributed by atoms with Gasteiger partial charge in [0.25, 0.3) is 11.8 Å². The average molecular weight is 993 g/mol. The number of nitrogens with one attached hydrogen (secondary N) is 6. The Bertz CT molecular complexity index is 2190. The molecule has 0 saturated heterocycles. The second kappa shape index (κ2) is 30.6. The third-order valence-corrected chi connectivity index (χ3v) is 13.1. The van der Waals surface area contributed by atoms with Gasteiger partial charge in [0.15, 0.2) is 23.0 Å². The van der Waals surface area contributed by atoms with Crippen LogP contribution in [0, 0.1) is 11.8 Å². The van der Waals surface area contributed by atoms with Crippen LogP contribution < -0.4 is 31.9 Å². The molecule has 0 bridgehead atoms. The fraction of sp³-hybridized carbons (Fsp3) is 0.464. The van der Waals surface area contributed by atoms with E-state index in [-0.39, 0.29) is 47.6 Å². The Hall–Kier alpha value is -7.10. The number of para-hydroxylation sites is 2. The molecule has 6 amide bonds. The molecule has 0 radical (unpaired) electrons. The third kappa shape index (κ3) is 18.6. The molecule has 4 aromatic carbocycles. The summed E-state index contributed by atoms with van der Waals surface area (Å²) in [5, 5.41) is 57.5. The number of aromatic hydroxyl groups is 4. The van der Waals surface area contributed by atoms with Crippen molar-refractivity contribution in [2.75, 3.05) is 13.1 Å². The van der Waals surface area contributed by atoms with Crippen LogP contribution in [0.4, 0.5) is 0 Å². The molecule has 6 atom stereocenters. The number of carbonyl (C=O) groups is 6. The highest BCUT2D eigenvalue weighted by atomic mass is 16.3. The van der Waals surface area contributed by atoms with Gasteiger partial charge in [-0.05, 0) is 60.1 Å². The van der Waals surface area contributed by atoms with E-state index in [0.29, 0.717) is 25.9 Å². The van der Waals surface area contributed by atoms with Crippen LogP contribution in [-0.4, -0.2) is 93.1 Å². The first-order valence-corrected chi connectivity index (χ1v) is 25.5. The summed E-state index contributed by atoms with van der Waals surface area (Å²) in [6.07, 6.45) is 11.4. The van der Waals surface area contributed by atoms with Gasteiger partial charge in [0.1, 0.15) is 24.2 Å². The van der Waals surface area contributed by atoms with Gasteiger partial charge in [0, 0.05) is 25.9 Å². The smallest absolute Gasteiger partial charge is 0.255 e. The highest BCUT2D eigenvalue weighted by Gasteiger charge is 2.32. The summed E-state index contributed by atoms with van der Waals surface area (Å²) in [5.41, 5.74) is 1.21. The van der Waals surface area contributed by atoms with Crippen LogP contribution in [0.1, 0.15) is 137 Å². The minimum Gasteiger partial charge on any atom is -0.504 e. The number of hydrogen-bond acceptors (Lipinski definition) is 10. The van der Waals surface area contributed by atoms with Crippen molar-refractivity contribution < 1.29 is 49.2 Å². The van der Waals surface area contributed by atoms with Crippen molar-refractivity contribution in [1.29, 1.82) is 0 Å². The van der Waals surface area contributed by atoms with E-state index in [1.807, 2.05) is 88.4 Å². The number of amides is 6. The lowest BCUT2D eigenvalue weighted by atomic mass is 9.97. The molecule has 16 heteroatoms. The summed E-state index contributed by atoms with van der Waals surface area (Å²) < 4.78 is 0. The highest BCUT2D eigenvalue weighted by molar-refractivity contribution is 6.02. The molecule has 16 nitrogen and oxygen atoms in total. The minimum absolute atomic E-state index is 0.137. The van der Waals surface area contributed by atoms with Crippen LogP contribution in [0.5, 0.6) is 23.0 Å². The van der Waals surface area contributed by atoms with Gasteiger partial charge in [0.05, 0.1) is 11.1 Å². The first kappa shape index (κ1) is 57.5. The quantitative estimate of drug-likeness (QED) is 0.0181. The second-order valence-electron chi connectivity index (χ2n) is 18.6. The summed E-state index contributed by atoms with van der Waals surface area (Å²) >= 11 is 0. The van der Waals surface area contributed by atoms with Gasteiger partial charge in [-0.25, -0.2) is 0 Å². The maximum Gasteiger partial charge on any atom is 0.255 e. The Balaban J connectivity index is 1.13. The molecule has 0 aliphatic carbocycles. The largest absolute Gasteiger partial charge is 0.504 e. The standard InChI is InChI=1S/C56H76N6O10/c1-5-37(3)47(61-53(69)43(35-39-25-17-15-18-26-39)59-51(67)41-29-23-31-45(63)49(41)65)55(71)57-33-21-13-11-9-7-8-10-12-14-22-34-58-56(72)48(38(4)6-2)62-54(70)44(36-40-27-19-16-20-28-40)60-52(68)42-30-24-32-46(64)50(42)66/h15-20,23-32,37-38,43-44,47-48,63-66H,5-14,21-22,33-36H2,1-4H3,(H,57,71)(H,58,72)(H,59,67)(H,60,68)(H,61,69)(H,62,70)/t37-,38-,43-,44-,47-,48-/m0/s1. The van der Waals surface area contributed by atoms with E-state index in [1.165, 1.54) is 36.4 Å². The number of carbonyl (C=O) groups excluding carboxylic acids is 6. The molecule has 0 spiro atoms. The van der Waals surface area contributed by atoms with Gasteiger partial charge in [-0.1, -0.05) is 165 Å². The van der Waals surface area contributed by atoms with E-state index in [2.05, 4.69) is 31.9 Å². The number of phenols is 4. The van der Waals surface area contributed by atoms with Gasteiger partial charge in [-0.3, -0.25) is 28.8 Å². The van der Waals surface area contributed by atoms with Crippen LogP contribution in [0.25, 0.3) is 0 Å². The number of phenolic OH excluding ortho intramolecular Hbond substituents is 4. The van der Waals surface area contributed by atoms with Crippen molar-refractivity contribution in [3.05, 3.63) is 119 Å². The molecular weight excluding hydrogens is 917 g/mol. The van der Waals surface area contributed by atoms with Crippen molar-refractivity contribution in [3.8, 4) is 23.0 Å². The Morgan fingerprint density at radius 1 is 0.417 bits per heavy atom. The first-order chi connectivity index (χ1) is 34.6. The summed E-state index contributed by atoms with van der Waals surface area (Å²) in [6, 6.07) is 22.5. The van der Waals surface area contributed by atoms with Gasteiger partial charge in [-0.2, -0.15) is 0 Å². The van der Waals surface area contributed by atoms with E-state index < -0.39 is 70.8 Å². The normalized spacial score (nSPS) is 13.6. The van der Waals surface area contributed by atoms with E-state index >= 15 is 0 Å². The van der Waals surface area contributed by atoms with Gasteiger partial charge in [0.2, 0.25) is 23.6 Å². The fourth-order valence-electron chi connectivity index (χ4n) is 8.24. The molecule has 4 aromatic rings. The van der Waals surface area contributed by atoms with E-state index in [4.69, 9.17) is 0 Å². The molecule has 390 valence electrons. The summed E-state index contributed by atoms with van der Waals surface area (Å²) in [4.78, 5) is 80.8. The van der Waals surface area contributed by atoms with Crippen molar-refractivity contribution in [3.63, 3.8) is 0 Å². The van der Waals surface area contributed by atoms with E-state index in [9.17, 15) is 49.2 Å². The Morgan fingerprint density at radius 3 is 1.08 bits per heavy atom. The lowest BCUT2D eigenvalue weighted by Crippen LogP contribution is -2.56. The Labute approximate surface area is 424 Å². The maximum absolute atomic E-state index is 13.8. The van der Waals surface area contributed by atoms with Crippen molar-refractivity contribution in [2.24, 2.45) is 11.8 Å². The predicted octanol–water partition coefficient (Wildman–Crippen LogP) is 7.09. The maximum atomic E-state index is 13.8. The van der Waals surface area contributed by atoms with Crippen LogP contribution in [0.2, 0.25) is 0 Å². The number of hydrogen-bond donors (Lipinski definition) is 10. The monoisotopic (exact) mass is 993 g/mol. The van der Waals surface area contributed by atoms with E-state index in [1.54, 1.807) is 0 Å². The topological polar surface area (TPSA) is 256 Å². The molecule has 0 heterocycles. The molecule has 10 N–H and O–H groups in total. The lowest BCUT2D eigenvalue weighted by Gasteiger charge is -2.27. The highest BCUT2D eigenvalue weighted by Crippen LogP contribution is 2.29. The molecule has 0 fully saturated rings. The summed E-state index contributed by atoms with van der Waals surface area (Å²) in [5.74, 6) is -5.64. The van der Waals surface area contributed by atoms with Gasteiger partial charge in [-0.15, -0.1) is 0 Å². The SMILES string of the molecule is CC[C@H](C)[C@H](NC(=O)[C@H](Cc1ccccc1)NC(=O)c1cccc(O)c1O)C(=O)NCCCCCCCCCCCCNC(=O)[C@@H](NC(=O)[C@H](Cc1ccccc1)NC(=O)c1cccc(O)c1O)[C@@H](C)CC. The van der Waals surface area contributed by atoms with Crippen LogP contribution in [0.15, 0.2) is 97.1 Å². The molecular formula is C56H76N6O10. The predicted molar refractivity (Wildman–Crippen MR) is 277 cm³/mol. The van der Waals surface area contributed by atoms with Gasteiger partial charge < -0.3 is 52.3 Å². The fourth-order valence-corrected chi connectivity index (χ4v) is 8.24. The van der Waals surface area contributed by atoms with Crippen molar-refractivity contribution in [1.82, 2.24) is 31.9 Å². The Kier molecular flexibility index (Phi) is 24.4. The second-order valence-corrected chi connectivity index (χ2v) is 18.6. The molecule has 4 rings (SSSR count). The third-order valence-electron chi connectivity index (χ3n) is 13.1. The molecule has 0 aliphatic rings. The van der Waals surface area contributed by atoms with E-state index in [0.717, 1.165) is 75.3 Å². The van der Waals surface area contributed by atoms with Crippen molar-refractivity contribution in [2.45, 2.75) is 142 Å². The number of benzene rings is 4. The zero-order valence-electron chi connectivity index (χ0n) is 42.3. The van der Waals surface area contributed by atoms with Gasteiger partial charge >= 0.3 is 0 Å². The number of unbranched alkanes of at least 4 members (excludes halogenated alkanes) is 9. The molecule has 0 aliphatic heterocycles. The molecule has 0 unspecified atom stereocenters. The van der Waals surface area contributed by atoms with Crippen LogP contribution in [0.3, 0.4) is 0 Å². The van der Waals surface area contributed by atoms with Crippen molar-refractivity contribution >= 4 is 35.4 Å². The zero-order chi connectivity index (χ0) is 52.4. The minimum atomic E-state index is -1.07. The van der Waals surface area contributed by atoms with Crippen LogP contribution in [-0.2, 0) is 32.0 Å². The molecule has 0 aromatic heterocycles. The molecule has 0 saturated carbocycles.